The van der Waals surface area contributed by atoms with Crippen molar-refractivity contribution in [3.8, 4) is 11.8 Å². The van der Waals surface area contributed by atoms with Gasteiger partial charge in [0.05, 0.1) is 0 Å². The highest BCUT2D eigenvalue weighted by Gasteiger charge is 2.05. The van der Waals surface area contributed by atoms with Gasteiger partial charge >= 0.3 is 5.97 Å². The van der Waals surface area contributed by atoms with Crippen LogP contribution in [-0.4, -0.2) is 22.8 Å². The van der Waals surface area contributed by atoms with E-state index < -0.39 is 5.97 Å². The molecule has 0 saturated carbocycles. The van der Waals surface area contributed by atoms with E-state index in [0.29, 0.717) is 5.69 Å². The smallest absolute Gasteiger partial charge is 0.357 e. The van der Waals surface area contributed by atoms with Crippen LogP contribution in [0.4, 0.5) is 0 Å². The minimum atomic E-state index is -0.435. The number of hydrogen-bond acceptors (Lipinski definition) is 3. The Hall–Kier alpha value is -1.76. The van der Waals surface area contributed by atoms with Crippen molar-refractivity contribution in [3.63, 3.8) is 0 Å². The fraction of sp³-hybridized carbons (Fsp3) is 0.250. The number of hydrogen-bond donors (Lipinski definition) is 1. The van der Waals surface area contributed by atoms with Crippen molar-refractivity contribution in [1.29, 1.82) is 0 Å². The molecule has 0 bridgehead atoms. The molecule has 0 spiro atoms. The van der Waals surface area contributed by atoms with Crippen molar-refractivity contribution in [2.24, 2.45) is 0 Å². The summed E-state index contributed by atoms with van der Waals surface area (Å²) in [5, 5.41) is 6.10. The minimum Gasteiger partial charge on any atom is -0.448 e. The third-order valence-electron chi connectivity index (χ3n) is 1.17. The summed E-state index contributed by atoms with van der Waals surface area (Å²) in [6.07, 6.45) is 1.49. The highest BCUT2D eigenvalue weighted by atomic mass is 16.5. The zero-order valence-corrected chi connectivity index (χ0v) is 6.63. The fourth-order valence-electron chi connectivity index (χ4n) is 0.621. The molecule has 4 heteroatoms. The molecule has 1 aromatic rings. The van der Waals surface area contributed by atoms with Crippen molar-refractivity contribution in [1.82, 2.24) is 10.2 Å². The number of nitrogens with zero attached hydrogens (tertiary/aromatic N) is 1. The lowest BCUT2D eigenvalue weighted by Gasteiger charge is -1.95. The molecule has 0 unspecified atom stereocenters. The Balaban J connectivity index is 2.43. The van der Waals surface area contributed by atoms with Crippen molar-refractivity contribution in [2.75, 3.05) is 6.61 Å². The van der Waals surface area contributed by atoms with Crippen LogP contribution in [-0.2, 0) is 4.74 Å². The Morgan fingerprint density at radius 1 is 1.83 bits per heavy atom. The van der Waals surface area contributed by atoms with Crippen LogP contribution < -0.4 is 0 Å². The molecule has 0 atom stereocenters. The molecule has 1 heterocycles. The Bertz CT molecular complexity index is 306. The first-order valence-corrected chi connectivity index (χ1v) is 3.40. The summed E-state index contributed by atoms with van der Waals surface area (Å²) in [5.74, 6) is 4.79. The molecule has 0 radical (unpaired) electrons. The van der Waals surface area contributed by atoms with Crippen LogP contribution in [0.5, 0.6) is 0 Å². The van der Waals surface area contributed by atoms with E-state index in [1.54, 1.807) is 13.0 Å². The number of carbonyl (C=O) groups is 1. The number of aromatic amines is 1. The second-order valence-electron chi connectivity index (χ2n) is 1.97. The van der Waals surface area contributed by atoms with Gasteiger partial charge < -0.3 is 4.74 Å². The molecule has 0 aliphatic heterocycles. The summed E-state index contributed by atoms with van der Waals surface area (Å²) in [5.41, 5.74) is 0.341. The molecule has 0 saturated heterocycles. The average Bonchev–Trinajstić information content (AvgIpc) is 2.56. The van der Waals surface area contributed by atoms with E-state index in [0.717, 1.165) is 0 Å². The van der Waals surface area contributed by atoms with Crippen LogP contribution in [0.1, 0.15) is 17.4 Å². The first kappa shape index (κ1) is 8.34. The van der Waals surface area contributed by atoms with Gasteiger partial charge in [-0.1, -0.05) is 5.92 Å². The van der Waals surface area contributed by atoms with Crippen LogP contribution in [0.2, 0.25) is 0 Å². The molecular weight excluding hydrogens is 156 g/mol. The molecule has 0 aliphatic rings. The number of esters is 1. The van der Waals surface area contributed by atoms with Gasteiger partial charge in [-0.25, -0.2) is 4.79 Å². The van der Waals surface area contributed by atoms with E-state index in [1.165, 1.54) is 6.20 Å². The normalized spacial score (nSPS) is 8.42. The van der Waals surface area contributed by atoms with Gasteiger partial charge in [-0.3, -0.25) is 5.10 Å². The van der Waals surface area contributed by atoms with Crippen LogP contribution >= 0.6 is 0 Å². The van der Waals surface area contributed by atoms with Gasteiger partial charge in [0.2, 0.25) is 0 Å². The van der Waals surface area contributed by atoms with Crippen molar-refractivity contribution < 1.29 is 9.53 Å². The van der Waals surface area contributed by atoms with Crippen molar-refractivity contribution in [2.45, 2.75) is 6.92 Å². The van der Waals surface area contributed by atoms with E-state index in [4.69, 9.17) is 4.74 Å². The number of nitrogens with one attached hydrogen (secondary N) is 1. The van der Waals surface area contributed by atoms with Crippen molar-refractivity contribution in [3.05, 3.63) is 18.0 Å². The summed E-state index contributed by atoms with van der Waals surface area (Å²) in [7, 11) is 0. The van der Waals surface area contributed by atoms with Gasteiger partial charge in [0, 0.05) is 6.20 Å². The van der Waals surface area contributed by atoms with Gasteiger partial charge in [-0.2, -0.15) is 5.10 Å². The quantitative estimate of drug-likeness (QED) is 0.514. The molecule has 1 rings (SSSR count). The SMILES string of the molecule is CC#CCOC(=O)c1ccn[nH]1. The van der Waals surface area contributed by atoms with Crippen LogP contribution in [0.25, 0.3) is 0 Å². The molecule has 0 aliphatic carbocycles. The third kappa shape index (κ3) is 2.13. The van der Waals surface area contributed by atoms with Gasteiger partial charge in [0.15, 0.2) is 6.61 Å². The lowest BCUT2D eigenvalue weighted by molar-refractivity contribution is 0.0550. The zero-order chi connectivity index (χ0) is 8.81. The Morgan fingerprint density at radius 3 is 3.25 bits per heavy atom. The monoisotopic (exact) mass is 164 g/mol. The molecule has 12 heavy (non-hydrogen) atoms. The third-order valence-corrected chi connectivity index (χ3v) is 1.17. The van der Waals surface area contributed by atoms with Crippen LogP contribution in [0.15, 0.2) is 12.3 Å². The summed E-state index contributed by atoms with van der Waals surface area (Å²) >= 11 is 0. The van der Waals surface area contributed by atoms with Gasteiger partial charge in [-0.05, 0) is 13.0 Å². The maximum atomic E-state index is 11.0. The molecule has 4 nitrogen and oxygen atoms in total. The number of carbonyl (C=O) groups excluding carboxylic acids is 1. The first-order chi connectivity index (χ1) is 5.84. The second-order valence-corrected chi connectivity index (χ2v) is 1.97. The summed E-state index contributed by atoms with van der Waals surface area (Å²) in [6.45, 7) is 1.80. The largest absolute Gasteiger partial charge is 0.448 e. The Morgan fingerprint density at radius 2 is 2.67 bits per heavy atom. The van der Waals surface area contributed by atoms with E-state index in [2.05, 4.69) is 22.0 Å². The number of H-pyrrole nitrogens is 1. The molecule has 0 fully saturated rings. The van der Waals surface area contributed by atoms with E-state index in [-0.39, 0.29) is 6.61 Å². The molecule has 62 valence electrons. The number of rotatable bonds is 2. The fourth-order valence-corrected chi connectivity index (χ4v) is 0.621. The molecule has 0 aromatic carbocycles. The zero-order valence-electron chi connectivity index (χ0n) is 6.63. The summed E-state index contributed by atoms with van der Waals surface area (Å²) < 4.78 is 4.74. The highest BCUT2D eigenvalue weighted by Crippen LogP contribution is 1.94. The van der Waals surface area contributed by atoms with Crippen LogP contribution in [0.3, 0.4) is 0 Å². The van der Waals surface area contributed by atoms with Gasteiger partial charge in [0.25, 0.3) is 0 Å². The van der Waals surface area contributed by atoms with E-state index in [9.17, 15) is 4.79 Å². The molecular formula is C8H8N2O2. The second kappa shape index (κ2) is 4.19. The standard InChI is InChI=1S/C8H8N2O2/c1-2-3-6-12-8(11)7-4-5-9-10-7/h4-5H,6H2,1H3,(H,9,10). The van der Waals surface area contributed by atoms with Crippen LogP contribution in [0, 0.1) is 11.8 Å². The number of aromatic nitrogens is 2. The Kier molecular flexibility index (Phi) is 2.91. The van der Waals surface area contributed by atoms with Crippen molar-refractivity contribution >= 4 is 5.97 Å². The topological polar surface area (TPSA) is 55.0 Å². The first-order valence-electron chi connectivity index (χ1n) is 3.40. The molecule has 1 N–H and O–H groups in total. The predicted molar refractivity (Wildman–Crippen MR) is 42.3 cm³/mol. The van der Waals surface area contributed by atoms with Gasteiger partial charge in [0.1, 0.15) is 5.69 Å². The summed E-state index contributed by atoms with van der Waals surface area (Å²) in [4.78, 5) is 11.0. The maximum absolute atomic E-state index is 11.0. The number of ether oxygens (including phenoxy) is 1. The lowest BCUT2D eigenvalue weighted by atomic mass is 10.4. The van der Waals surface area contributed by atoms with E-state index in [1.807, 2.05) is 0 Å². The average molecular weight is 164 g/mol. The Labute approximate surface area is 69.9 Å². The maximum Gasteiger partial charge on any atom is 0.357 e. The molecule has 0 amide bonds. The highest BCUT2D eigenvalue weighted by molar-refractivity contribution is 5.87. The summed E-state index contributed by atoms with van der Waals surface area (Å²) in [6, 6.07) is 1.54. The minimum absolute atomic E-state index is 0.119. The molecule has 1 aromatic heterocycles. The van der Waals surface area contributed by atoms with E-state index >= 15 is 0 Å². The predicted octanol–water partition coefficient (Wildman–Crippen LogP) is 0.590. The lowest BCUT2D eigenvalue weighted by Crippen LogP contribution is -2.05. The van der Waals surface area contributed by atoms with Gasteiger partial charge in [-0.15, -0.1) is 5.92 Å².